The SMILES string of the molecule is CC1(C)CC(C)(C)CC(O)(c2ccc3ccccc3c2)C1. The molecule has 1 fully saturated rings. The lowest BCUT2D eigenvalue weighted by Gasteiger charge is -2.49. The largest absolute Gasteiger partial charge is 0.385 e. The first-order valence-corrected chi connectivity index (χ1v) is 7.91. The number of hydrogen-bond donors (Lipinski definition) is 1. The quantitative estimate of drug-likeness (QED) is 0.756. The first kappa shape index (κ1) is 14.6. The molecule has 0 aliphatic heterocycles. The predicted molar refractivity (Wildman–Crippen MR) is 89.3 cm³/mol. The van der Waals surface area contributed by atoms with Gasteiger partial charge in [-0.2, -0.15) is 0 Å². The summed E-state index contributed by atoms with van der Waals surface area (Å²) in [6.45, 7) is 9.11. The van der Waals surface area contributed by atoms with E-state index in [1.165, 1.54) is 10.8 Å². The van der Waals surface area contributed by atoms with Gasteiger partial charge in [0.1, 0.15) is 0 Å². The third kappa shape index (κ3) is 2.85. The van der Waals surface area contributed by atoms with Gasteiger partial charge in [0, 0.05) is 0 Å². The Balaban J connectivity index is 2.07. The maximum absolute atomic E-state index is 11.4. The van der Waals surface area contributed by atoms with E-state index in [9.17, 15) is 5.11 Å². The summed E-state index contributed by atoms with van der Waals surface area (Å²) >= 11 is 0. The zero-order valence-electron chi connectivity index (χ0n) is 13.6. The number of rotatable bonds is 1. The Kier molecular flexibility index (Phi) is 3.18. The van der Waals surface area contributed by atoms with Crippen LogP contribution < -0.4 is 0 Å². The topological polar surface area (TPSA) is 20.2 Å². The summed E-state index contributed by atoms with van der Waals surface area (Å²) in [4.78, 5) is 0. The summed E-state index contributed by atoms with van der Waals surface area (Å²) in [7, 11) is 0. The fourth-order valence-electron chi connectivity index (χ4n) is 4.75. The molecule has 0 radical (unpaired) electrons. The fourth-order valence-corrected chi connectivity index (χ4v) is 4.75. The number of fused-ring (bicyclic) bond motifs is 1. The van der Waals surface area contributed by atoms with Crippen LogP contribution >= 0.6 is 0 Å². The van der Waals surface area contributed by atoms with Crippen LogP contribution in [-0.4, -0.2) is 5.11 Å². The molecule has 1 aliphatic carbocycles. The van der Waals surface area contributed by atoms with E-state index < -0.39 is 5.60 Å². The fraction of sp³-hybridized carbons (Fsp3) is 0.500. The molecule has 0 saturated heterocycles. The second-order valence-electron chi connectivity index (χ2n) is 8.45. The van der Waals surface area contributed by atoms with Crippen LogP contribution in [0.4, 0.5) is 0 Å². The van der Waals surface area contributed by atoms with Gasteiger partial charge in [0.05, 0.1) is 5.60 Å². The molecule has 1 heteroatoms. The van der Waals surface area contributed by atoms with Gasteiger partial charge in [-0.15, -0.1) is 0 Å². The second kappa shape index (κ2) is 4.58. The molecule has 0 amide bonds. The van der Waals surface area contributed by atoms with Crippen molar-refractivity contribution in [2.24, 2.45) is 10.8 Å². The van der Waals surface area contributed by atoms with E-state index in [1.54, 1.807) is 0 Å². The van der Waals surface area contributed by atoms with Gasteiger partial charge < -0.3 is 5.11 Å². The molecule has 0 unspecified atom stereocenters. The van der Waals surface area contributed by atoms with Crippen molar-refractivity contribution in [1.29, 1.82) is 0 Å². The molecule has 112 valence electrons. The van der Waals surface area contributed by atoms with Crippen molar-refractivity contribution in [2.45, 2.75) is 52.6 Å². The average Bonchev–Trinajstić information content (AvgIpc) is 2.34. The molecule has 1 saturated carbocycles. The van der Waals surface area contributed by atoms with E-state index in [4.69, 9.17) is 0 Å². The van der Waals surface area contributed by atoms with E-state index >= 15 is 0 Å². The predicted octanol–water partition coefficient (Wildman–Crippen LogP) is 5.26. The molecule has 1 aliphatic rings. The lowest BCUT2D eigenvalue weighted by atomic mass is 9.58. The summed E-state index contributed by atoms with van der Waals surface area (Å²) in [5.74, 6) is 0. The van der Waals surface area contributed by atoms with E-state index in [2.05, 4.69) is 70.2 Å². The molecule has 0 atom stereocenters. The van der Waals surface area contributed by atoms with Crippen molar-refractivity contribution in [3.8, 4) is 0 Å². The van der Waals surface area contributed by atoms with Crippen LogP contribution in [0.1, 0.15) is 52.5 Å². The van der Waals surface area contributed by atoms with Crippen LogP contribution in [0, 0.1) is 10.8 Å². The summed E-state index contributed by atoms with van der Waals surface area (Å²) in [6, 6.07) is 14.8. The van der Waals surface area contributed by atoms with Crippen LogP contribution in [0.3, 0.4) is 0 Å². The maximum Gasteiger partial charge on any atom is 0.0907 e. The lowest BCUT2D eigenvalue weighted by molar-refractivity contribution is -0.0912. The molecule has 1 N–H and O–H groups in total. The zero-order chi connectivity index (χ0) is 15.3. The van der Waals surface area contributed by atoms with E-state index in [0.29, 0.717) is 0 Å². The van der Waals surface area contributed by atoms with Crippen LogP contribution in [0.25, 0.3) is 10.8 Å². The molecular weight excluding hydrogens is 256 g/mol. The van der Waals surface area contributed by atoms with Gasteiger partial charge >= 0.3 is 0 Å². The maximum atomic E-state index is 11.4. The highest BCUT2D eigenvalue weighted by Crippen LogP contribution is 2.53. The number of aliphatic hydroxyl groups is 1. The van der Waals surface area contributed by atoms with Gasteiger partial charge in [0.25, 0.3) is 0 Å². The third-order valence-corrected chi connectivity index (χ3v) is 4.79. The van der Waals surface area contributed by atoms with E-state index in [0.717, 1.165) is 24.8 Å². The highest BCUT2D eigenvalue weighted by molar-refractivity contribution is 5.83. The minimum Gasteiger partial charge on any atom is -0.385 e. The molecule has 3 rings (SSSR count). The van der Waals surface area contributed by atoms with Gasteiger partial charge in [-0.05, 0) is 52.5 Å². The van der Waals surface area contributed by atoms with Crippen LogP contribution in [0.5, 0.6) is 0 Å². The van der Waals surface area contributed by atoms with Gasteiger partial charge in [-0.3, -0.25) is 0 Å². The van der Waals surface area contributed by atoms with Crippen molar-refractivity contribution in [1.82, 2.24) is 0 Å². The first-order valence-electron chi connectivity index (χ1n) is 7.91. The molecular formula is C20H26O. The normalized spacial score (nSPS) is 23.1. The smallest absolute Gasteiger partial charge is 0.0907 e. The molecule has 0 aromatic heterocycles. The minimum atomic E-state index is -0.713. The lowest BCUT2D eigenvalue weighted by Crippen LogP contribution is -2.44. The molecule has 0 spiro atoms. The Morgan fingerprint density at radius 2 is 1.33 bits per heavy atom. The molecule has 21 heavy (non-hydrogen) atoms. The summed E-state index contributed by atoms with van der Waals surface area (Å²) < 4.78 is 0. The van der Waals surface area contributed by atoms with Crippen LogP contribution in [-0.2, 0) is 5.60 Å². The van der Waals surface area contributed by atoms with Gasteiger partial charge in [-0.1, -0.05) is 64.1 Å². The van der Waals surface area contributed by atoms with Gasteiger partial charge in [0.15, 0.2) is 0 Å². The Bertz CT molecular complexity index is 650. The van der Waals surface area contributed by atoms with Gasteiger partial charge in [-0.25, -0.2) is 0 Å². The molecule has 0 heterocycles. The minimum absolute atomic E-state index is 0.169. The Labute approximate surface area is 128 Å². The molecule has 2 aromatic rings. The van der Waals surface area contributed by atoms with E-state index in [1.807, 2.05) is 0 Å². The molecule has 2 aromatic carbocycles. The Hall–Kier alpha value is -1.34. The second-order valence-corrected chi connectivity index (χ2v) is 8.45. The highest BCUT2D eigenvalue weighted by Gasteiger charge is 2.47. The van der Waals surface area contributed by atoms with Crippen LogP contribution in [0.15, 0.2) is 42.5 Å². The van der Waals surface area contributed by atoms with Crippen LogP contribution in [0.2, 0.25) is 0 Å². The molecule has 1 nitrogen and oxygen atoms in total. The van der Waals surface area contributed by atoms with Gasteiger partial charge in [0.2, 0.25) is 0 Å². The summed E-state index contributed by atoms with van der Waals surface area (Å²) in [6.07, 6.45) is 2.83. The molecule has 0 bridgehead atoms. The Morgan fingerprint density at radius 1 is 0.762 bits per heavy atom. The third-order valence-electron chi connectivity index (χ3n) is 4.79. The zero-order valence-corrected chi connectivity index (χ0v) is 13.6. The number of benzene rings is 2. The van der Waals surface area contributed by atoms with Crippen molar-refractivity contribution in [2.75, 3.05) is 0 Å². The first-order chi connectivity index (χ1) is 9.69. The highest BCUT2D eigenvalue weighted by atomic mass is 16.3. The van der Waals surface area contributed by atoms with E-state index in [-0.39, 0.29) is 10.8 Å². The van der Waals surface area contributed by atoms with Crippen molar-refractivity contribution in [3.63, 3.8) is 0 Å². The average molecular weight is 282 g/mol. The number of hydrogen-bond acceptors (Lipinski definition) is 1. The summed E-state index contributed by atoms with van der Waals surface area (Å²) in [5.41, 5.74) is 0.696. The summed E-state index contributed by atoms with van der Waals surface area (Å²) in [5, 5.41) is 13.8. The van der Waals surface area contributed by atoms with Crippen molar-refractivity contribution in [3.05, 3.63) is 48.0 Å². The Morgan fingerprint density at radius 3 is 1.95 bits per heavy atom. The standard InChI is InChI=1S/C20H26O/c1-18(2)12-19(3,4)14-20(21,13-18)17-10-9-15-7-5-6-8-16(15)11-17/h5-11,21H,12-14H2,1-4H3. The van der Waals surface area contributed by atoms with Crippen molar-refractivity contribution < 1.29 is 5.11 Å². The van der Waals surface area contributed by atoms with Crippen molar-refractivity contribution >= 4 is 10.8 Å². The monoisotopic (exact) mass is 282 g/mol.